The maximum atomic E-state index is 12.1. The third-order valence-electron chi connectivity index (χ3n) is 5.18. The van der Waals surface area contributed by atoms with Crippen LogP contribution < -0.4 is 5.32 Å². The number of alkyl carbamates (subject to hydrolysis) is 1. The molecule has 0 aliphatic rings. The van der Waals surface area contributed by atoms with Crippen LogP contribution in [0.4, 0.5) is 4.79 Å². The maximum absolute atomic E-state index is 12.1. The summed E-state index contributed by atoms with van der Waals surface area (Å²) >= 11 is 1.63. The van der Waals surface area contributed by atoms with Crippen molar-refractivity contribution in [3.63, 3.8) is 0 Å². The summed E-state index contributed by atoms with van der Waals surface area (Å²) < 4.78 is 5.42. The van der Waals surface area contributed by atoms with Gasteiger partial charge in [0.2, 0.25) is 0 Å². The summed E-state index contributed by atoms with van der Waals surface area (Å²) in [6.45, 7) is 5.26. The van der Waals surface area contributed by atoms with Gasteiger partial charge in [0.05, 0.1) is 12.3 Å². The number of aromatic nitrogens is 1. The highest BCUT2D eigenvalue weighted by Crippen LogP contribution is 2.29. The topological polar surface area (TPSA) is 51.2 Å². The Hall–Kier alpha value is -2.66. The van der Waals surface area contributed by atoms with E-state index in [0.29, 0.717) is 19.1 Å². The lowest BCUT2D eigenvalue weighted by Crippen LogP contribution is -2.26. The Morgan fingerprint density at radius 1 is 1.10 bits per heavy atom. The van der Waals surface area contributed by atoms with Crippen molar-refractivity contribution in [2.75, 3.05) is 6.61 Å². The molecule has 0 radical (unpaired) electrons. The van der Waals surface area contributed by atoms with Crippen molar-refractivity contribution in [1.29, 1.82) is 0 Å². The smallest absolute Gasteiger partial charge is 0.407 e. The van der Waals surface area contributed by atoms with Crippen LogP contribution in [0.15, 0.2) is 60.0 Å². The zero-order valence-corrected chi connectivity index (χ0v) is 18.6. The zero-order valence-electron chi connectivity index (χ0n) is 17.8. The second-order valence-electron chi connectivity index (χ2n) is 7.47. The molecule has 30 heavy (non-hydrogen) atoms. The molecule has 5 heteroatoms. The molecule has 4 nitrogen and oxygen atoms in total. The van der Waals surface area contributed by atoms with Crippen molar-refractivity contribution in [3.05, 3.63) is 65.5 Å². The molecule has 3 aromatic rings. The lowest BCUT2D eigenvalue weighted by atomic mass is 10.0. The Morgan fingerprint density at radius 3 is 2.67 bits per heavy atom. The van der Waals surface area contributed by atoms with Crippen LogP contribution in [0.3, 0.4) is 0 Å². The molecule has 1 unspecified atom stereocenters. The van der Waals surface area contributed by atoms with E-state index in [9.17, 15) is 4.79 Å². The minimum absolute atomic E-state index is 0.351. The van der Waals surface area contributed by atoms with Crippen LogP contribution in [0.1, 0.15) is 45.1 Å². The van der Waals surface area contributed by atoms with Crippen molar-refractivity contribution in [2.24, 2.45) is 5.92 Å². The summed E-state index contributed by atoms with van der Waals surface area (Å²) in [7, 11) is 0. The van der Waals surface area contributed by atoms with E-state index in [1.807, 2.05) is 30.3 Å². The Balaban J connectivity index is 1.55. The number of ether oxygens (including phenoxy) is 1. The summed E-state index contributed by atoms with van der Waals surface area (Å²) in [5, 5.41) is 5.92. The van der Waals surface area contributed by atoms with Crippen LogP contribution in [0.5, 0.6) is 0 Å². The third-order valence-corrected chi connectivity index (χ3v) is 6.07. The molecule has 1 atom stereocenters. The quantitative estimate of drug-likeness (QED) is 0.386. The Bertz CT molecular complexity index is 924. The molecular weight excluding hydrogens is 392 g/mol. The first-order valence-electron chi connectivity index (χ1n) is 10.7. The van der Waals surface area contributed by atoms with Gasteiger partial charge in [-0.2, -0.15) is 0 Å². The highest BCUT2D eigenvalue weighted by atomic mass is 32.1. The van der Waals surface area contributed by atoms with Gasteiger partial charge in [-0.05, 0) is 24.0 Å². The summed E-state index contributed by atoms with van der Waals surface area (Å²) in [5.41, 5.74) is 4.18. The van der Waals surface area contributed by atoms with E-state index in [1.165, 1.54) is 12.8 Å². The van der Waals surface area contributed by atoms with Gasteiger partial charge in [-0.1, -0.05) is 81.6 Å². The fourth-order valence-electron chi connectivity index (χ4n) is 3.28. The Labute approximate surface area is 183 Å². The molecule has 0 fully saturated rings. The van der Waals surface area contributed by atoms with Crippen LogP contribution in [-0.4, -0.2) is 17.7 Å². The number of hydrogen-bond donors (Lipinski definition) is 1. The highest BCUT2D eigenvalue weighted by molar-refractivity contribution is 7.13. The number of carbonyl (C=O) groups excluding carboxylic acids is 1. The molecule has 2 aromatic carbocycles. The average Bonchev–Trinajstić information content (AvgIpc) is 3.29. The van der Waals surface area contributed by atoms with E-state index < -0.39 is 0 Å². The minimum Gasteiger partial charge on any atom is -0.449 e. The van der Waals surface area contributed by atoms with Crippen molar-refractivity contribution >= 4 is 17.4 Å². The van der Waals surface area contributed by atoms with Crippen molar-refractivity contribution in [3.8, 4) is 21.8 Å². The molecular formula is C25H30N2O2S. The second kappa shape index (κ2) is 11.5. The molecule has 0 aliphatic carbocycles. The van der Waals surface area contributed by atoms with E-state index >= 15 is 0 Å². The first-order valence-corrected chi connectivity index (χ1v) is 11.6. The fourth-order valence-corrected chi connectivity index (χ4v) is 4.11. The Kier molecular flexibility index (Phi) is 8.45. The average molecular weight is 423 g/mol. The maximum Gasteiger partial charge on any atom is 0.407 e. The number of nitrogens with one attached hydrogen (secondary N) is 1. The lowest BCUT2D eigenvalue weighted by Gasteiger charge is -2.15. The van der Waals surface area contributed by atoms with Gasteiger partial charge in [-0.15, -0.1) is 11.3 Å². The van der Waals surface area contributed by atoms with Crippen molar-refractivity contribution in [2.45, 2.75) is 46.1 Å². The van der Waals surface area contributed by atoms with E-state index in [4.69, 9.17) is 9.72 Å². The van der Waals surface area contributed by atoms with Gasteiger partial charge in [-0.25, -0.2) is 9.78 Å². The van der Waals surface area contributed by atoms with E-state index in [2.05, 4.69) is 48.8 Å². The number of thiazole rings is 1. The van der Waals surface area contributed by atoms with Crippen LogP contribution in [-0.2, 0) is 11.3 Å². The van der Waals surface area contributed by atoms with Crippen LogP contribution >= 0.6 is 11.3 Å². The van der Waals surface area contributed by atoms with Gasteiger partial charge in [0, 0.05) is 23.1 Å². The number of rotatable bonds is 10. The molecule has 1 heterocycles. The van der Waals surface area contributed by atoms with Gasteiger partial charge < -0.3 is 10.1 Å². The first-order chi connectivity index (χ1) is 14.7. The molecule has 1 aromatic heterocycles. The molecule has 0 saturated heterocycles. The number of hydrogen-bond acceptors (Lipinski definition) is 4. The van der Waals surface area contributed by atoms with Crippen LogP contribution in [0.2, 0.25) is 0 Å². The molecule has 0 saturated carbocycles. The van der Waals surface area contributed by atoms with Gasteiger partial charge >= 0.3 is 6.09 Å². The second-order valence-corrected chi connectivity index (χ2v) is 8.33. The zero-order chi connectivity index (χ0) is 21.2. The lowest BCUT2D eigenvalue weighted by molar-refractivity contribution is 0.122. The van der Waals surface area contributed by atoms with Crippen molar-refractivity contribution in [1.82, 2.24) is 10.3 Å². The Morgan fingerprint density at radius 2 is 1.90 bits per heavy atom. The predicted octanol–water partition coefficient (Wildman–Crippen LogP) is 6.92. The summed E-state index contributed by atoms with van der Waals surface area (Å²) in [6, 6.07) is 18.3. The van der Waals surface area contributed by atoms with E-state index in [-0.39, 0.29) is 6.09 Å². The standard InChI is InChI=1S/C25H30N2O2S/c1-3-5-10-19(4-2)17-29-25(28)26-16-20-11-9-14-22(15-20)24-27-23(18-30-24)21-12-7-6-8-13-21/h6-9,11-15,18-19H,3-5,10,16-17H2,1-2H3,(H,26,28). The number of carbonyl (C=O) groups is 1. The largest absolute Gasteiger partial charge is 0.449 e. The minimum atomic E-state index is -0.351. The summed E-state index contributed by atoms with van der Waals surface area (Å²) in [6.07, 6.45) is 4.15. The van der Waals surface area contributed by atoms with Gasteiger partial charge in [0.1, 0.15) is 5.01 Å². The molecule has 0 spiro atoms. The van der Waals surface area contributed by atoms with E-state index in [0.717, 1.165) is 40.2 Å². The normalized spacial score (nSPS) is 11.8. The van der Waals surface area contributed by atoms with Gasteiger partial charge in [-0.3, -0.25) is 0 Å². The van der Waals surface area contributed by atoms with E-state index in [1.54, 1.807) is 11.3 Å². The third kappa shape index (κ3) is 6.42. The SMILES string of the molecule is CCCCC(CC)COC(=O)NCc1cccc(-c2nc(-c3ccccc3)cs2)c1. The fraction of sp³-hybridized carbons (Fsp3) is 0.360. The highest BCUT2D eigenvalue weighted by Gasteiger charge is 2.11. The number of benzene rings is 2. The number of unbranched alkanes of at least 4 members (excludes halogenated alkanes) is 1. The summed E-state index contributed by atoms with van der Waals surface area (Å²) in [4.78, 5) is 16.9. The molecule has 0 bridgehead atoms. The van der Waals surface area contributed by atoms with Crippen LogP contribution in [0, 0.1) is 5.92 Å². The molecule has 1 N–H and O–H groups in total. The number of nitrogens with zero attached hydrogens (tertiary/aromatic N) is 1. The van der Waals surface area contributed by atoms with Gasteiger partial charge in [0.15, 0.2) is 0 Å². The van der Waals surface area contributed by atoms with Crippen molar-refractivity contribution < 1.29 is 9.53 Å². The number of amides is 1. The predicted molar refractivity (Wildman–Crippen MR) is 124 cm³/mol. The molecule has 3 rings (SSSR count). The molecule has 158 valence electrons. The summed E-state index contributed by atoms with van der Waals surface area (Å²) in [5.74, 6) is 0.447. The van der Waals surface area contributed by atoms with Gasteiger partial charge in [0.25, 0.3) is 0 Å². The van der Waals surface area contributed by atoms with Crippen LogP contribution in [0.25, 0.3) is 21.8 Å². The first kappa shape index (κ1) is 22.0. The molecule has 1 amide bonds. The molecule has 0 aliphatic heterocycles. The monoisotopic (exact) mass is 422 g/mol.